The summed E-state index contributed by atoms with van der Waals surface area (Å²) >= 11 is 3.17. The minimum absolute atomic E-state index is 0.243. The number of aromatic hydroxyl groups is 2. The maximum atomic E-state index is 10.5. The van der Waals surface area contributed by atoms with Gasteiger partial charge in [-0.15, -0.1) is 23.5 Å². The van der Waals surface area contributed by atoms with Crippen LogP contribution in [0.4, 0.5) is 0 Å². The van der Waals surface area contributed by atoms with E-state index in [2.05, 4.69) is 41.5 Å². The Kier molecular flexibility index (Phi) is 9.76. The first-order valence-corrected chi connectivity index (χ1v) is 13.0. The molecular formula is C25H36O4S2. The van der Waals surface area contributed by atoms with Crippen molar-refractivity contribution in [2.75, 3.05) is 24.7 Å². The van der Waals surface area contributed by atoms with Crippen molar-refractivity contribution >= 4 is 23.5 Å². The van der Waals surface area contributed by atoms with Gasteiger partial charge in [0.2, 0.25) is 0 Å². The molecule has 0 amide bonds. The molecule has 0 saturated heterocycles. The molecule has 0 aromatic heterocycles. The van der Waals surface area contributed by atoms with Crippen molar-refractivity contribution in [1.29, 1.82) is 0 Å². The lowest BCUT2D eigenvalue weighted by atomic mass is 9.77. The van der Waals surface area contributed by atoms with E-state index in [9.17, 15) is 10.2 Å². The third-order valence-electron chi connectivity index (χ3n) is 5.01. The van der Waals surface area contributed by atoms with Gasteiger partial charge < -0.3 is 19.7 Å². The number of hydrogen-bond acceptors (Lipinski definition) is 6. The van der Waals surface area contributed by atoms with Crippen LogP contribution in [0.2, 0.25) is 0 Å². The highest BCUT2D eigenvalue weighted by Gasteiger charge is 2.33. The van der Waals surface area contributed by atoms with E-state index in [4.69, 9.17) is 9.47 Å². The summed E-state index contributed by atoms with van der Waals surface area (Å²) in [6, 6.07) is 7.40. The number of phenols is 2. The standard InChI is InChI=1S/C25H36O4S2/c1-7-15-28-21-17(11-13-19(26)23(21)30-9-3)25(5,6)18-12-14-20(27)24(31-10-4)22(18)29-16-8-2/h11-14,26-27H,7-10,15-16H2,1-6H3. The molecule has 0 radical (unpaired) electrons. The van der Waals surface area contributed by atoms with Crippen LogP contribution in [0, 0.1) is 0 Å². The molecule has 0 spiro atoms. The molecule has 0 aliphatic rings. The zero-order valence-electron chi connectivity index (χ0n) is 19.6. The van der Waals surface area contributed by atoms with Gasteiger partial charge in [-0.05, 0) is 36.5 Å². The largest absolute Gasteiger partial charge is 0.507 e. The minimum Gasteiger partial charge on any atom is -0.507 e. The van der Waals surface area contributed by atoms with E-state index >= 15 is 0 Å². The van der Waals surface area contributed by atoms with Crippen LogP contribution in [0.1, 0.15) is 65.5 Å². The van der Waals surface area contributed by atoms with Crippen molar-refractivity contribution in [1.82, 2.24) is 0 Å². The zero-order chi connectivity index (χ0) is 23.0. The Balaban J connectivity index is 2.74. The number of thioether (sulfide) groups is 2. The number of rotatable bonds is 12. The molecule has 2 rings (SSSR count). The van der Waals surface area contributed by atoms with E-state index in [0.29, 0.717) is 13.2 Å². The highest BCUT2D eigenvalue weighted by Crippen LogP contribution is 2.50. The molecule has 2 N–H and O–H groups in total. The van der Waals surface area contributed by atoms with Crippen molar-refractivity contribution in [2.24, 2.45) is 0 Å². The predicted molar refractivity (Wildman–Crippen MR) is 133 cm³/mol. The van der Waals surface area contributed by atoms with Gasteiger partial charge in [0.1, 0.15) is 23.0 Å². The van der Waals surface area contributed by atoms with Crippen molar-refractivity contribution in [3.63, 3.8) is 0 Å². The summed E-state index contributed by atoms with van der Waals surface area (Å²) in [5.74, 6) is 3.62. The summed E-state index contributed by atoms with van der Waals surface area (Å²) in [5.41, 5.74) is 1.52. The molecule has 0 bridgehead atoms. The molecule has 0 unspecified atom stereocenters. The van der Waals surface area contributed by atoms with Gasteiger partial charge in [0.15, 0.2) is 0 Å². The molecule has 0 atom stereocenters. The molecule has 172 valence electrons. The second kappa shape index (κ2) is 11.8. The normalized spacial score (nSPS) is 11.5. The van der Waals surface area contributed by atoms with Gasteiger partial charge in [-0.25, -0.2) is 0 Å². The van der Waals surface area contributed by atoms with Crippen molar-refractivity contribution in [2.45, 2.75) is 69.6 Å². The Morgan fingerprint density at radius 1 is 0.710 bits per heavy atom. The first-order valence-electron chi connectivity index (χ1n) is 11.1. The molecule has 31 heavy (non-hydrogen) atoms. The second-order valence-corrected chi connectivity index (χ2v) is 10.3. The molecule has 0 aliphatic carbocycles. The van der Waals surface area contributed by atoms with Crippen LogP contribution in [0.15, 0.2) is 34.1 Å². The molecule has 6 heteroatoms. The molecule has 0 heterocycles. The number of benzene rings is 2. The van der Waals surface area contributed by atoms with Gasteiger partial charge >= 0.3 is 0 Å². The number of phenolic OH excluding ortho intramolecular Hbond substituents is 2. The highest BCUT2D eigenvalue weighted by atomic mass is 32.2. The van der Waals surface area contributed by atoms with Gasteiger partial charge in [0.05, 0.1) is 23.0 Å². The summed E-state index contributed by atoms with van der Waals surface area (Å²) in [6.07, 6.45) is 1.76. The molecular weight excluding hydrogens is 428 g/mol. The maximum absolute atomic E-state index is 10.5. The third kappa shape index (κ3) is 5.78. The average molecular weight is 465 g/mol. The molecule has 0 saturated carbocycles. The van der Waals surface area contributed by atoms with Crippen molar-refractivity contribution < 1.29 is 19.7 Å². The molecule has 0 aliphatic heterocycles. The van der Waals surface area contributed by atoms with Crippen LogP contribution in [-0.2, 0) is 5.41 Å². The van der Waals surface area contributed by atoms with Crippen molar-refractivity contribution in [3.05, 3.63) is 35.4 Å². The lowest BCUT2D eigenvalue weighted by Crippen LogP contribution is -2.22. The second-order valence-electron chi connectivity index (χ2n) is 7.77. The Labute approximate surface area is 195 Å². The molecule has 4 nitrogen and oxygen atoms in total. The lowest BCUT2D eigenvalue weighted by molar-refractivity contribution is 0.290. The number of ether oxygens (including phenoxy) is 2. The van der Waals surface area contributed by atoms with E-state index in [1.54, 1.807) is 35.7 Å². The van der Waals surface area contributed by atoms with Gasteiger partial charge in [0.25, 0.3) is 0 Å². The fourth-order valence-electron chi connectivity index (χ4n) is 3.50. The van der Waals surface area contributed by atoms with E-state index < -0.39 is 5.41 Å². The first-order chi connectivity index (χ1) is 14.8. The first kappa shape index (κ1) is 25.6. The molecule has 0 fully saturated rings. The Bertz CT molecular complexity index is 796. The van der Waals surface area contributed by atoms with Gasteiger partial charge in [-0.1, -0.05) is 53.7 Å². The summed E-state index contributed by atoms with van der Waals surface area (Å²) in [5, 5.41) is 21.1. The maximum Gasteiger partial charge on any atom is 0.140 e. The van der Waals surface area contributed by atoms with Crippen LogP contribution in [0.25, 0.3) is 0 Å². The van der Waals surface area contributed by atoms with Crippen LogP contribution in [-0.4, -0.2) is 34.9 Å². The smallest absolute Gasteiger partial charge is 0.140 e. The van der Waals surface area contributed by atoms with Crippen LogP contribution >= 0.6 is 23.5 Å². The fourth-order valence-corrected chi connectivity index (χ4v) is 5.11. The summed E-state index contributed by atoms with van der Waals surface area (Å²) in [4.78, 5) is 1.55. The summed E-state index contributed by atoms with van der Waals surface area (Å²) in [6.45, 7) is 13.7. The average Bonchev–Trinajstić information content (AvgIpc) is 2.74. The highest BCUT2D eigenvalue weighted by molar-refractivity contribution is 7.99. The summed E-state index contributed by atoms with van der Waals surface area (Å²) < 4.78 is 12.4. The zero-order valence-corrected chi connectivity index (χ0v) is 21.2. The van der Waals surface area contributed by atoms with Gasteiger partial charge in [-0.3, -0.25) is 0 Å². The molecule has 2 aromatic carbocycles. The number of hydrogen-bond donors (Lipinski definition) is 2. The quantitative estimate of drug-likeness (QED) is 0.323. The Morgan fingerprint density at radius 2 is 1.10 bits per heavy atom. The van der Waals surface area contributed by atoms with E-state index in [1.165, 1.54) is 0 Å². The Morgan fingerprint density at radius 3 is 1.42 bits per heavy atom. The lowest BCUT2D eigenvalue weighted by Gasteiger charge is -2.32. The van der Waals surface area contributed by atoms with E-state index in [-0.39, 0.29) is 11.5 Å². The van der Waals surface area contributed by atoms with Gasteiger partial charge in [-0.2, -0.15) is 0 Å². The van der Waals surface area contributed by atoms with Gasteiger partial charge in [0, 0.05) is 16.5 Å². The monoisotopic (exact) mass is 464 g/mol. The Hall–Kier alpha value is -1.66. The topological polar surface area (TPSA) is 58.9 Å². The SMILES string of the molecule is CCCOc1c(C(C)(C)c2ccc(O)c(SCC)c2OCCC)ccc(O)c1SCC. The van der Waals surface area contributed by atoms with Crippen LogP contribution in [0.5, 0.6) is 23.0 Å². The van der Waals surface area contributed by atoms with Crippen LogP contribution in [0.3, 0.4) is 0 Å². The van der Waals surface area contributed by atoms with Crippen molar-refractivity contribution in [3.8, 4) is 23.0 Å². The predicted octanol–water partition coefficient (Wildman–Crippen LogP) is 7.23. The summed E-state index contributed by atoms with van der Waals surface area (Å²) in [7, 11) is 0. The van der Waals surface area contributed by atoms with E-state index in [0.717, 1.165) is 56.8 Å². The fraction of sp³-hybridized carbons (Fsp3) is 0.520. The third-order valence-corrected chi connectivity index (χ3v) is 6.95. The van der Waals surface area contributed by atoms with E-state index in [1.807, 2.05) is 12.1 Å². The van der Waals surface area contributed by atoms with Crippen LogP contribution < -0.4 is 9.47 Å². The minimum atomic E-state index is -0.473. The molecule has 2 aromatic rings.